The molecule has 0 saturated carbocycles. The van der Waals surface area contributed by atoms with E-state index in [1.54, 1.807) is 11.6 Å². The number of hydrogen-bond donors (Lipinski definition) is 2. The Hall–Kier alpha value is -2.54. The summed E-state index contributed by atoms with van der Waals surface area (Å²) in [5, 5.41) is 4.27. The number of fused-ring (bicyclic) bond motifs is 2. The monoisotopic (exact) mass is 343 g/mol. The third kappa shape index (κ3) is 2.32. The zero-order valence-electron chi connectivity index (χ0n) is 13.4. The Labute approximate surface area is 139 Å². The van der Waals surface area contributed by atoms with Gasteiger partial charge in [0.25, 0.3) is 5.56 Å². The fraction of sp³-hybridized carbons (Fsp3) is 0.235. The van der Waals surface area contributed by atoms with Crippen LogP contribution in [0.3, 0.4) is 0 Å². The zero-order chi connectivity index (χ0) is 17.1. The molecule has 0 unspecified atom stereocenters. The zero-order valence-corrected chi connectivity index (χ0v) is 14.2. The van der Waals surface area contributed by atoms with Crippen molar-refractivity contribution in [3.05, 3.63) is 52.1 Å². The van der Waals surface area contributed by atoms with Gasteiger partial charge in [-0.25, -0.2) is 8.42 Å². The molecule has 7 heteroatoms. The van der Waals surface area contributed by atoms with Crippen LogP contribution in [0, 0.1) is 0 Å². The summed E-state index contributed by atoms with van der Waals surface area (Å²) in [6.45, 7) is 0.610. The Balaban J connectivity index is 2.03. The number of rotatable bonds is 2. The van der Waals surface area contributed by atoms with Crippen molar-refractivity contribution in [1.82, 2.24) is 9.55 Å². The van der Waals surface area contributed by atoms with Gasteiger partial charge in [-0.1, -0.05) is 6.07 Å². The van der Waals surface area contributed by atoms with E-state index in [4.69, 9.17) is 0 Å². The summed E-state index contributed by atoms with van der Waals surface area (Å²) >= 11 is 0. The van der Waals surface area contributed by atoms with E-state index < -0.39 is 9.84 Å². The van der Waals surface area contributed by atoms with Crippen molar-refractivity contribution in [2.75, 3.05) is 11.6 Å². The molecule has 2 N–H and O–H groups in total. The molecule has 0 fully saturated rings. The third-order valence-corrected chi connectivity index (χ3v) is 5.22. The van der Waals surface area contributed by atoms with Gasteiger partial charge in [0.05, 0.1) is 5.75 Å². The predicted molar refractivity (Wildman–Crippen MR) is 94.9 cm³/mol. The summed E-state index contributed by atoms with van der Waals surface area (Å²) in [4.78, 5) is 15.4. The van der Waals surface area contributed by atoms with E-state index in [0.717, 1.165) is 33.3 Å². The minimum atomic E-state index is -3.11. The molecule has 124 valence electrons. The molecule has 1 aliphatic rings. The molecule has 0 aliphatic carbocycles. The number of pyridine rings is 1. The Kier molecular flexibility index (Phi) is 3.11. The van der Waals surface area contributed by atoms with Gasteiger partial charge in [-0.2, -0.15) is 0 Å². The van der Waals surface area contributed by atoms with Gasteiger partial charge in [-0.05, 0) is 23.3 Å². The van der Waals surface area contributed by atoms with Crippen molar-refractivity contribution in [1.29, 1.82) is 0 Å². The molecular weight excluding hydrogens is 326 g/mol. The van der Waals surface area contributed by atoms with Crippen LogP contribution in [0.4, 0.5) is 5.69 Å². The second kappa shape index (κ2) is 4.98. The second-order valence-corrected chi connectivity index (χ2v) is 8.47. The van der Waals surface area contributed by atoms with Gasteiger partial charge < -0.3 is 14.9 Å². The van der Waals surface area contributed by atoms with Crippen LogP contribution >= 0.6 is 0 Å². The standard InChI is InChI=1S/C17H17N3O3S/c1-20-8-13-12-5-10(9-24(2,22)23)3-4-14(12)18-6-11-7-19-16(15(11)13)17(20)21/h3-5,7-8,18-19H,6,9H2,1-2H3. The first-order valence-corrected chi connectivity index (χ1v) is 9.64. The average molecular weight is 343 g/mol. The lowest BCUT2D eigenvalue weighted by atomic mass is 9.99. The number of hydrogen-bond acceptors (Lipinski definition) is 4. The van der Waals surface area contributed by atoms with Crippen molar-refractivity contribution in [3.8, 4) is 11.1 Å². The topological polar surface area (TPSA) is 84.0 Å². The van der Waals surface area contributed by atoms with E-state index in [1.165, 1.54) is 6.26 Å². The van der Waals surface area contributed by atoms with Crippen molar-refractivity contribution in [3.63, 3.8) is 0 Å². The number of nitrogens with one attached hydrogen (secondary N) is 2. The molecule has 0 amide bonds. The van der Waals surface area contributed by atoms with E-state index in [-0.39, 0.29) is 11.3 Å². The Morgan fingerprint density at radius 2 is 2.04 bits per heavy atom. The van der Waals surface area contributed by atoms with Crippen molar-refractivity contribution < 1.29 is 8.42 Å². The second-order valence-electron chi connectivity index (χ2n) is 6.33. The minimum Gasteiger partial charge on any atom is -0.380 e. The van der Waals surface area contributed by atoms with Crippen molar-refractivity contribution in [2.45, 2.75) is 12.3 Å². The lowest BCUT2D eigenvalue weighted by Crippen LogP contribution is -2.16. The van der Waals surface area contributed by atoms with Crippen molar-refractivity contribution in [2.24, 2.45) is 7.05 Å². The molecule has 0 bridgehead atoms. The van der Waals surface area contributed by atoms with Gasteiger partial charge >= 0.3 is 0 Å². The van der Waals surface area contributed by atoms with Crippen LogP contribution in [0.15, 0.2) is 35.4 Å². The lowest BCUT2D eigenvalue weighted by molar-refractivity contribution is 0.601. The van der Waals surface area contributed by atoms with Gasteiger partial charge in [0.15, 0.2) is 9.84 Å². The SMILES string of the molecule is Cn1cc2c3c(c[nH]c3c1=O)CNc1ccc(CS(C)(=O)=O)cc1-2. The summed E-state index contributed by atoms with van der Waals surface area (Å²) in [5.41, 5.74) is 5.04. The normalized spacial score (nSPS) is 13.4. The molecule has 1 aromatic carbocycles. The average Bonchev–Trinajstić information content (AvgIpc) is 2.86. The number of nitrogens with zero attached hydrogens (tertiary/aromatic N) is 1. The van der Waals surface area contributed by atoms with E-state index in [0.29, 0.717) is 12.1 Å². The van der Waals surface area contributed by atoms with E-state index in [1.807, 2.05) is 30.6 Å². The molecule has 0 saturated heterocycles. The summed E-state index contributed by atoms with van der Waals surface area (Å²) < 4.78 is 24.8. The summed E-state index contributed by atoms with van der Waals surface area (Å²) in [5.74, 6) is -0.00478. The molecule has 0 atom stereocenters. The number of sulfone groups is 1. The van der Waals surface area contributed by atoms with Gasteiger partial charge in [-0.3, -0.25) is 4.79 Å². The largest absolute Gasteiger partial charge is 0.380 e. The van der Waals surface area contributed by atoms with Crippen LogP contribution in [-0.2, 0) is 29.2 Å². The van der Waals surface area contributed by atoms with E-state index in [9.17, 15) is 13.2 Å². The van der Waals surface area contributed by atoms with Crippen LogP contribution in [0.2, 0.25) is 0 Å². The Morgan fingerprint density at radius 1 is 1.25 bits per heavy atom. The van der Waals surface area contributed by atoms with E-state index >= 15 is 0 Å². The molecule has 2 aromatic heterocycles. The summed E-state index contributed by atoms with van der Waals surface area (Å²) in [7, 11) is -1.39. The highest BCUT2D eigenvalue weighted by Crippen LogP contribution is 2.38. The minimum absolute atomic E-state index is 0.00478. The van der Waals surface area contributed by atoms with Crippen LogP contribution in [-0.4, -0.2) is 24.2 Å². The first kappa shape index (κ1) is 15.0. The highest BCUT2D eigenvalue weighted by Gasteiger charge is 2.20. The maximum atomic E-state index is 12.3. The molecule has 4 rings (SSSR count). The fourth-order valence-corrected chi connectivity index (χ4v) is 4.11. The Bertz CT molecular complexity index is 1140. The summed E-state index contributed by atoms with van der Waals surface area (Å²) in [6, 6.07) is 5.63. The van der Waals surface area contributed by atoms with Crippen molar-refractivity contribution >= 4 is 26.4 Å². The number of benzene rings is 1. The van der Waals surface area contributed by atoms with Crippen LogP contribution in [0.5, 0.6) is 0 Å². The number of aryl methyl sites for hydroxylation is 1. The molecule has 1 aliphatic heterocycles. The highest BCUT2D eigenvalue weighted by atomic mass is 32.2. The summed E-state index contributed by atoms with van der Waals surface area (Å²) in [6.07, 6.45) is 4.90. The van der Waals surface area contributed by atoms with Gasteiger partial charge in [-0.15, -0.1) is 0 Å². The number of aromatic amines is 1. The van der Waals surface area contributed by atoms with Gasteiger partial charge in [0, 0.05) is 54.4 Å². The molecular formula is C17H17N3O3S. The van der Waals surface area contributed by atoms with Gasteiger partial charge in [0.1, 0.15) is 5.52 Å². The quantitative estimate of drug-likeness (QED) is 0.745. The smallest absolute Gasteiger partial charge is 0.274 e. The number of H-pyrrole nitrogens is 1. The van der Waals surface area contributed by atoms with Crippen LogP contribution < -0.4 is 10.9 Å². The molecule has 3 aromatic rings. The lowest BCUT2D eigenvalue weighted by Gasteiger charge is -2.12. The maximum Gasteiger partial charge on any atom is 0.274 e. The first-order valence-electron chi connectivity index (χ1n) is 7.58. The fourth-order valence-electron chi connectivity index (χ4n) is 3.33. The highest BCUT2D eigenvalue weighted by molar-refractivity contribution is 7.89. The van der Waals surface area contributed by atoms with Gasteiger partial charge in [0.2, 0.25) is 0 Å². The van der Waals surface area contributed by atoms with Crippen LogP contribution in [0.25, 0.3) is 22.0 Å². The number of anilines is 1. The first-order chi connectivity index (χ1) is 11.3. The Morgan fingerprint density at radius 3 is 2.79 bits per heavy atom. The molecule has 0 spiro atoms. The van der Waals surface area contributed by atoms with Crippen LogP contribution in [0.1, 0.15) is 11.1 Å². The molecule has 24 heavy (non-hydrogen) atoms. The molecule has 6 nitrogen and oxygen atoms in total. The predicted octanol–water partition coefficient (Wildman–Crippen LogP) is 2.00. The molecule has 3 heterocycles. The molecule has 0 radical (unpaired) electrons. The number of aromatic nitrogens is 2. The maximum absolute atomic E-state index is 12.3. The van der Waals surface area contributed by atoms with E-state index in [2.05, 4.69) is 10.3 Å². The third-order valence-electron chi connectivity index (χ3n) is 4.36.